The smallest absolute Gasteiger partial charge is 0.303 e. The third-order valence-electron chi connectivity index (χ3n) is 9.19. The molecule has 0 aliphatic heterocycles. The zero-order chi connectivity index (χ0) is 21.2. The first-order valence-electron chi connectivity index (χ1n) is 11.0. The van der Waals surface area contributed by atoms with Crippen LogP contribution in [-0.2, 0) is 23.9 Å². The number of ketones is 3. The van der Waals surface area contributed by atoms with Gasteiger partial charge >= 0.3 is 5.97 Å². The lowest BCUT2D eigenvalue weighted by Crippen LogP contribution is -2.62. The number of carbonyl (C=O) groups excluding carboxylic acids is 4. The van der Waals surface area contributed by atoms with Gasteiger partial charge in [0, 0.05) is 37.5 Å². The topological polar surface area (TPSA) is 97.7 Å². The molecule has 0 radical (unpaired) electrons. The minimum Gasteiger partial charge on any atom is -0.458 e. The van der Waals surface area contributed by atoms with Crippen molar-refractivity contribution in [3.05, 3.63) is 0 Å². The number of fused-ring (bicyclic) bond motifs is 5. The second-order valence-electron chi connectivity index (χ2n) is 10.4. The molecule has 6 nitrogen and oxygen atoms in total. The molecule has 0 aromatic rings. The molecule has 0 bridgehead atoms. The second kappa shape index (κ2) is 6.73. The number of rotatable bonds is 3. The van der Waals surface area contributed by atoms with Gasteiger partial charge in [-0.3, -0.25) is 19.2 Å². The predicted octanol–water partition coefficient (Wildman–Crippen LogP) is 2.64. The van der Waals surface area contributed by atoms with Gasteiger partial charge < -0.3 is 9.84 Å². The third-order valence-corrected chi connectivity index (χ3v) is 9.19. The molecule has 0 unspecified atom stereocenters. The van der Waals surface area contributed by atoms with Gasteiger partial charge in [-0.15, -0.1) is 0 Å². The Balaban J connectivity index is 1.64. The Bertz CT molecular complexity index is 773. The highest BCUT2D eigenvalue weighted by molar-refractivity contribution is 5.93. The summed E-state index contributed by atoms with van der Waals surface area (Å²) in [5.41, 5.74) is -2.61. The Morgan fingerprint density at radius 1 is 1.14 bits per heavy atom. The lowest BCUT2D eigenvalue weighted by Gasteiger charge is -2.59. The van der Waals surface area contributed by atoms with Gasteiger partial charge in [0.1, 0.15) is 17.2 Å². The average Bonchev–Trinajstić information content (AvgIpc) is 2.91. The van der Waals surface area contributed by atoms with Gasteiger partial charge in [-0.05, 0) is 55.3 Å². The van der Waals surface area contributed by atoms with Crippen molar-refractivity contribution >= 4 is 23.3 Å². The molecule has 4 rings (SSSR count). The highest BCUT2D eigenvalue weighted by Gasteiger charge is 2.69. The third kappa shape index (κ3) is 2.85. The fourth-order valence-electron chi connectivity index (χ4n) is 7.61. The van der Waals surface area contributed by atoms with Crippen molar-refractivity contribution in [3.63, 3.8) is 0 Å². The summed E-state index contributed by atoms with van der Waals surface area (Å²) in [7, 11) is 0. The van der Waals surface area contributed by atoms with Crippen molar-refractivity contribution in [2.75, 3.05) is 6.61 Å². The van der Waals surface area contributed by atoms with Crippen molar-refractivity contribution in [2.45, 2.75) is 77.7 Å². The van der Waals surface area contributed by atoms with E-state index in [0.29, 0.717) is 31.5 Å². The van der Waals surface area contributed by atoms with Crippen LogP contribution in [0.25, 0.3) is 0 Å². The summed E-state index contributed by atoms with van der Waals surface area (Å²) in [4.78, 5) is 49.5. The standard InChI is InChI=1S/C23H32O6/c1-13(24)29-12-19(27)23(28)9-7-17-16-5-4-14-10-15(25)6-8-21(14,2)20(16)18(26)11-22(17,23)3/h14,16-17,20,28H,4-12H2,1-3H3/t14-,16-,17+,20+,21-,22+,23-/m0/s1. The molecule has 0 heterocycles. The Hall–Kier alpha value is -1.56. The first-order chi connectivity index (χ1) is 13.5. The summed E-state index contributed by atoms with van der Waals surface area (Å²) in [5, 5.41) is 11.4. The van der Waals surface area contributed by atoms with Gasteiger partial charge in [0.05, 0.1) is 0 Å². The second-order valence-corrected chi connectivity index (χ2v) is 10.4. The number of hydrogen-bond acceptors (Lipinski definition) is 6. The summed E-state index contributed by atoms with van der Waals surface area (Å²) in [6.45, 7) is 4.86. The summed E-state index contributed by atoms with van der Waals surface area (Å²) in [6.07, 6.45) is 4.90. The van der Waals surface area contributed by atoms with Crippen LogP contribution in [-0.4, -0.2) is 40.6 Å². The van der Waals surface area contributed by atoms with E-state index in [-0.39, 0.29) is 41.3 Å². The monoisotopic (exact) mass is 404 g/mol. The molecule has 4 saturated carbocycles. The number of ether oxygens (including phenoxy) is 1. The molecule has 0 amide bonds. The van der Waals surface area contributed by atoms with Gasteiger partial charge in [-0.25, -0.2) is 0 Å². The normalized spacial score (nSPS) is 46.5. The first kappa shape index (κ1) is 20.7. The Morgan fingerprint density at radius 2 is 1.86 bits per heavy atom. The van der Waals surface area contributed by atoms with E-state index in [1.165, 1.54) is 6.92 Å². The van der Waals surface area contributed by atoms with Gasteiger partial charge in [0.2, 0.25) is 5.78 Å². The molecule has 4 aliphatic carbocycles. The predicted molar refractivity (Wildman–Crippen MR) is 104 cm³/mol. The van der Waals surface area contributed by atoms with E-state index in [1.54, 1.807) is 0 Å². The molecule has 0 saturated heterocycles. The van der Waals surface area contributed by atoms with Crippen molar-refractivity contribution < 1.29 is 29.0 Å². The zero-order valence-electron chi connectivity index (χ0n) is 17.7. The molecule has 0 spiro atoms. The molecule has 6 heteroatoms. The van der Waals surface area contributed by atoms with E-state index in [0.717, 1.165) is 19.3 Å². The van der Waals surface area contributed by atoms with Crippen molar-refractivity contribution in [1.82, 2.24) is 0 Å². The number of hydrogen-bond donors (Lipinski definition) is 1. The summed E-state index contributed by atoms with van der Waals surface area (Å²) in [5.74, 6) is -0.187. The average molecular weight is 405 g/mol. The number of aliphatic hydroxyl groups is 1. The zero-order valence-corrected chi connectivity index (χ0v) is 17.7. The molecule has 29 heavy (non-hydrogen) atoms. The maximum atomic E-state index is 13.5. The lowest BCUT2D eigenvalue weighted by molar-refractivity contribution is -0.180. The van der Waals surface area contributed by atoms with Crippen LogP contribution in [0, 0.1) is 34.5 Å². The van der Waals surface area contributed by atoms with E-state index in [2.05, 4.69) is 6.92 Å². The van der Waals surface area contributed by atoms with E-state index in [4.69, 9.17) is 4.74 Å². The van der Waals surface area contributed by atoms with Crippen LogP contribution in [0.1, 0.15) is 72.1 Å². The number of carbonyl (C=O) groups is 4. The van der Waals surface area contributed by atoms with Crippen LogP contribution >= 0.6 is 0 Å². The molecular weight excluding hydrogens is 372 g/mol. The van der Waals surface area contributed by atoms with Crippen LogP contribution < -0.4 is 0 Å². The molecule has 0 aromatic carbocycles. The Morgan fingerprint density at radius 3 is 2.55 bits per heavy atom. The quantitative estimate of drug-likeness (QED) is 0.726. The highest BCUT2D eigenvalue weighted by Crippen LogP contribution is 2.67. The van der Waals surface area contributed by atoms with E-state index in [9.17, 15) is 24.3 Å². The van der Waals surface area contributed by atoms with Crippen molar-refractivity contribution in [2.24, 2.45) is 34.5 Å². The maximum absolute atomic E-state index is 13.5. The van der Waals surface area contributed by atoms with Gasteiger partial charge in [0.15, 0.2) is 6.61 Å². The summed E-state index contributed by atoms with van der Waals surface area (Å²) >= 11 is 0. The van der Waals surface area contributed by atoms with Crippen molar-refractivity contribution in [1.29, 1.82) is 0 Å². The minimum absolute atomic E-state index is 0.0849. The maximum Gasteiger partial charge on any atom is 0.303 e. The molecule has 1 N–H and O–H groups in total. The van der Waals surface area contributed by atoms with Crippen LogP contribution in [0.3, 0.4) is 0 Å². The SMILES string of the molecule is CC(=O)OCC(=O)[C@@]1(O)CC[C@@H]2[C@@H]3CC[C@H]4CC(=O)CC[C@]4(C)[C@H]3C(=O)C[C@]21C. The largest absolute Gasteiger partial charge is 0.458 e. The first-order valence-corrected chi connectivity index (χ1v) is 11.0. The Kier molecular flexibility index (Phi) is 4.80. The van der Waals surface area contributed by atoms with Gasteiger partial charge in [-0.2, -0.15) is 0 Å². The number of esters is 1. The fraction of sp³-hybridized carbons (Fsp3) is 0.826. The van der Waals surface area contributed by atoms with E-state index < -0.39 is 29.4 Å². The molecule has 4 fully saturated rings. The molecule has 7 atom stereocenters. The van der Waals surface area contributed by atoms with E-state index in [1.807, 2.05) is 6.92 Å². The minimum atomic E-state index is -1.63. The highest BCUT2D eigenvalue weighted by atomic mass is 16.5. The van der Waals surface area contributed by atoms with Crippen LogP contribution in [0.15, 0.2) is 0 Å². The summed E-state index contributed by atoms with van der Waals surface area (Å²) in [6, 6.07) is 0. The fourth-order valence-corrected chi connectivity index (χ4v) is 7.61. The van der Waals surface area contributed by atoms with Crippen molar-refractivity contribution in [3.8, 4) is 0 Å². The van der Waals surface area contributed by atoms with Gasteiger partial charge in [0.25, 0.3) is 0 Å². The molecule has 4 aliphatic rings. The molecular formula is C23H32O6. The van der Waals surface area contributed by atoms with E-state index >= 15 is 0 Å². The number of Topliss-reactive ketones (excluding diaryl/α,β-unsaturated/α-hetero) is 3. The summed E-state index contributed by atoms with van der Waals surface area (Å²) < 4.78 is 4.87. The molecule has 0 aromatic heterocycles. The Labute approximate surface area is 171 Å². The lowest BCUT2D eigenvalue weighted by atomic mass is 9.44. The van der Waals surface area contributed by atoms with Gasteiger partial charge in [-0.1, -0.05) is 13.8 Å². The van der Waals surface area contributed by atoms with Crippen LogP contribution in [0.2, 0.25) is 0 Å². The van der Waals surface area contributed by atoms with Crippen LogP contribution in [0.5, 0.6) is 0 Å². The molecule has 160 valence electrons. The van der Waals surface area contributed by atoms with Crippen LogP contribution in [0.4, 0.5) is 0 Å².